The molecular weight excluding hydrogens is 212 g/mol. The Morgan fingerprint density at radius 2 is 2.29 bits per heavy atom. The molecule has 2 aromatic rings. The molecule has 0 saturated carbocycles. The summed E-state index contributed by atoms with van der Waals surface area (Å²) in [6, 6.07) is 11.7. The zero-order chi connectivity index (χ0) is 11.7. The first-order valence-corrected chi connectivity index (χ1v) is 5.43. The molecule has 1 aromatic carbocycles. The summed E-state index contributed by atoms with van der Waals surface area (Å²) in [5, 5.41) is 8.90. The molecule has 0 N–H and O–H groups in total. The Labute approximate surface area is 99.3 Å². The molecule has 3 rings (SSSR count). The normalized spacial score (nSPS) is 17.5. The zero-order valence-corrected chi connectivity index (χ0v) is 9.13. The fourth-order valence-electron chi connectivity index (χ4n) is 2.12. The summed E-state index contributed by atoms with van der Waals surface area (Å²) in [5.74, 6) is 0. The van der Waals surface area contributed by atoms with E-state index in [0.717, 1.165) is 16.7 Å². The number of pyridine rings is 1. The Kier molecular flexibility index (Phi) is 2.36. The van der Waals surface area contributed by atoms with Crippen LogP contribution >= 0.6 is 0 Å². The smallest absolute Gasteiger partial charge is 0.108 e. The third-order valence-corrected chi connectivity index (χ3v) is 2.95. The maximum absolute atomic E-state index is 8.90. The van der Waals surface area contributed by atoms with Gasteiger partial charge in [0.2, 0.25) is 0 Å². The molecule has 0 fully saturated rings. The Morgan fingerprint density at radius 3 is 3.18 bits per heavy atom. The highest BCUT2D eigenvalue weighted by atomic mass is 16.5. The van der Waals surface area contributed by atoms with Gasteiger partial charge in [0.05, 0.1) is 18.2 Å². The van der Waals surface area contributed by atoms with E-state index in [1.165, 1.54) is 0 Å². The fourth-order valence-corrected chi connectivity index (χ4v) is 2.12. The van der Waals surface area contributed by atoms with Crippen LogP contribution in [0.3, 0.4) is 0 Å². The Balaban J connectivity index is 2.04. The number of nitrogens with zero attached hydrogens (tertiary/aromatic N) is 2. The van der Waals surface area contributed by atoms with E-state index in [1.54, 1.807) is 12.3 Å². The molecule has 0 amide bonds. The topological polar surface area (TPSA) is 45.9 Å². The van der Waals surface area contributed by atoms with Gasteiger partial charge in [-0.1, -0.05) is 12.1 Å². The molecular formula is C14H10N2O. The third kappa shape index (κ3) is 1.69. The van der Waals surface area contributed by atoms with Crippen molar-refractivity contribution in [1.82, 2.24) is 4.98 Å². The van der Waals surface area contributed by atoms with Crippen molar-refractivity contribution >= 4 is 0 Å². The molecule has 0 saturated heterocycles. The fraction of sp³-hybridized carbons (Fsp3) is 0.143. The van der Waals surface area contributed by atoms with Gasteiger partial charge in [0.15, 0.2) is 0 Å². The SMILES string of the molecule is N#Cc1cccc(C2OCc3cnccc32)c1. The van der Waals surface area contributed by atoms with Crippen molar-refractivity contribution in [3.05, 3.63) is 65.0 Å². The number of hydrogen-bond donors (Lipinski definition) is 0. The number of nitriles is 1. The molecule has 1 atom stereocenters. The van der Waals surface area contributed by atoms with Crippen molar-refractivity contribution in [2.24, 2.45) is 0 Å². The number of fused-ring (bicyclic) bond motifs is 1. The lowest BCUT2D eigenvalue weighted by Crippen LogP contribution is -1.98. The molecule has 0 radical (unpaired) electrons. The summed E-state index contributed by atoms with van der Waals surface area (Å²) in [4.78, 5) is 4.09. The highest BCUT2D eigenvalue weighted by molar-refractivity contribution is 5.40. The summed E-state index contributed by atoms with van der Waals surface area (Å²) in [5.41, 5.74) is 3.96. The van der Waals surface area contributed by atoms with Crippen LogP contribution in [0.25, 0.3) is 0 Å². The van der Waals surface area contributed by atoms with E-state index in [-0.39, 0.29) is 6.10 Å². The molecule has 1 aromatic heterocycles. The predicted octanol–water partition coefficient (Wildman–Crippen LogP) is 2.57. The van der Waals surface area contributed by atoms with E-state index >= 15 is 0 Å². The summed E-state index contributed by atoms with van der Waals surface area (Å²) in [6.07, 6.45) is 3.54. The molecule has 1 aliphatic heterocycles. The zero-order valence-electron chi connectivity index (χ0n) is 9.13. The van der Waals surface area contributed by atoms with Crippen LogP contribution in [0.1, 0.15) is 28.4 Å². The van der Waals surface area contributed by atoms with E-state index in [1.807, 2.05) is 30.5 Å². The molecule has 0 bridgehead atoms. The first-order chi connectivity index (χ1) is 8.38. The van der Waals surface area contributed by atoms with Gasteiger partial charge in [-0.15, -0.1) is 0 Å². The van der Waals surface area contributed by atoms with Crippen LogP contribution in [-0.2, 0) is 11.3 Å². The maximum Gasteiger partial charge on any atom is 0.108 e. The summed E-state index contributed by atoms with van der Waals surface area (Å²) in [7, 11) is 0. The minimum Gasteiger partial charge on any atom is -0.364 e. The Hall–Kier alpha value is -2.18. The van der Waals surface area contributed by atoms with Gasteiger partial charge in [-0.2, -0.15) is 5.26 Å². The minimum atomic E-state index is -0.0682. The van der Waals surface area contributed by atoms with E-state index in [4.69, 9.17) is 10.00 Å². The first-order valence-electron chi connectivity index (χ1n) is 5.43. The second-order valence-electron chi connectivity index (χ2n) is 4.00. The minimum absolute atomic E-state index is 0.0682. The average molecular weight is 222 g/mol. The van der Waals surface area contributed by atoms with Gasteiger partial charge >= 0.3 is 0 Å². The molecule has 0 aliphatic carbocycles. The number of aromatic nitrogens is 1. The highest BCUT2D eigenvalue weighted by Crippen LogP contribution is 2.35. The van der Waals surface area contributed by atoms with Crippen LogP contribution in [0.4, 0.5) is 0 Å². The van der Waals surface area contributed by atoms with Crippen LogP contribution in [-0.4, -0.2) is 4.98 Å². The number of rotatable bonds is 1. The van der Waals surface area contributed by atoms with Crippen molar-refractivity contribution in [2.45, 2.75) is 12.7 Å². The maximum atomic E-state index is 8.90. The van der Waals surface area contributed by atoms with Crippen molar-refractivity contribution in [3.63, 3.8) is 0 Å². The van der Waals surface area contributed by atoms with Crippen LogP contribution < -0.4 is 0 Å². The third-order valence-electron chi connectivity index (χ3n) is 2.95. The molecule has 0 spiro atoms. The van der Waals surface area contributed by atoms with Gasteiger partial charge in [0.1, 0.15) is 6.10 Å². The molecule has 17 heavy (non-hydrogen) atoms. The quantitative estimate of drug-likeness (QED) is 0.745. The lowest BCUT2D eigenvalue weighted by atomic mass is 10.00. The summed E-state index contributed by atoms with van der Waals surface area (Å²) < 4.78 is 5.76. The van der Waals surface area contributed by atoms with E-state index in [9.17, 15) is 0 Å². The molecule has 3 nitrogen and oxygen atoms in total. The molecule has 1 unspecified atom stereocenters. The number of benzene rings is 1. The van der Waals surface area contributed by atoms with E-state index < -0.39 is 0 Å². The number of hydrogen-bond acceptors (Lipinski definition) is 3. The Bertz CT molecular complexity index is 601. The van der Waals surface area contributed by atoms with Gasteiger partial charge in [0.25, 0.3) is 0 Å². The van der Waals surface area contributed by atoms with Gasteiger partial charge in [-0.3, -0.25) is 4.98 Å². The van der Waals surface area contributed by atoms with Crippen LogP contribution in [0, 0.1) is 11.3 Å². The second kappa shape index (κ2) is 4.00. The van der Waals surface area contributed by atoms with Crippen LogP contribution in [0.15, 0.2) is 42.7 Å². The van der Waals surface area contributed by atoms with Crippen molar-refractivity contribution in [3.8, 4) is 6.07 Å². The monoisotopic (exact) mass is 222 g/mol. The van der Waals surface area contributed by atoms with Gasteiger partial charge in [0, 0.05) is 18.0 Å². The van der Waals surface area contributed by atoms with Gasteiger partial charge < -0.3 is 4.74 Å². The second-order valence-corrected chi connectivity index (χ2v) is 4.00. The van der Waals surface area contributed by atoms with E-state index in [0.29, 0.717) is 12.2 Å². The average Bonchev–Trinajstić information content (AvgIpc) is 2.82. The molecule has 3 heteroatoms. The van der Waals surface area contributed by atoms with Gasteiger partial charge in [-0.25, -0.2) is 0 Å². The van der Waals surface area contributed by atoms with E-state index in [2.05, 4.69) is 11.1 Å². The van der Waals surface area contributed by atoms with Crippen molar-refractivity contribution in [2.75, 3.05) is 0 Å². The number of ether oxygens (including phenoxy) is 1. The van der Waals surface area contributed by atoms with Crippen LogP contribution in [0.5, 0.6) is 0 Å². The molecule has 1 aliphatic rings. The Morgan fingerprint density at radius 1 is 1.35 bits per heavy atom. The predicted molar refractivity (Wildman–Crippen MR) is 62.0 cm³/mol. The highest BCUT2D eigenvalue weighted by Gasteiger charge is 2.24. The summed E-state index contributed by atoms with van der Waals surface area (Å²) in [6.45, 7) is 0.588. The van der Waals surface area contributed by atoms with Gasteiger partial charge in [-0.05, 0) is 29.3 Å². The standard InChI is InChI=1S/C14H10N2O/c15-7-10-2-1-3-11(6-10)14-13-4-5-16-8-12(13)9-17-14/h1-6,8,14H,9H2. The van der Waals surface area contributed by atoms with Crippen molar-refractivity contribution < 1.29 is 4.74 Å². The first kappa shape index (κ1) is 10.0. The molecule has 82 valence electrons. The lowest BCUT2D eigenvalue weighted by molar-refractivity contribution is 0.0939. The molecule has 2 heterocycles. The van der Waals surface area contributed by atoms with Crippen LogP contribution in [0.2, 0.25) is 0 Å². The lowest BCUT2D eigenvalue weighted by Gasteiger charge is -2.11. The van der Waals surface area contributed by atoms with Crippen molar-refractivity contribution in [1.29, 1.82) is 5.26 Å². The summed E-state index contributed by atoms with van der Waals surface area (Å²) >= 11 is 0. The largest absolute Gasteiger partial charge is 0.364 e.